The van der Waals surface area contributed by atoms with Gasteiger partial charge in [-0.05, 0) is 31.5 Å². The molecule has 0 saturated carbocycles. The minimum atomic E-state index is -0.566. The third-order valence-electron chi connectivity index (χ3n) is 3.18. The van der Waals surface area contributed by atoms with Gasteiger partial charge >= 0.3 is 0 Å². The SMILES string of the molecule is CC(C)(C#CCOc1ccccc1C=O)OCc1ccccc1. The van der Waals surface area contributed by atoms with Crippen molar-refractivity contribution in [2.45, 2.75) is 26.1 Å². The van der Waals surface area contributed by atoms with E-state index < -0.39 is 5.60 Å². The summed E-state index contributed by atoms with van der Waals surface area (Å²) in [5, 5.41) is 0. The standard InChI is InChI=1S/C20H20O3/c1-20(2,23-16-17-9-4-3-5-10-17)13-8-14-22-19-12-7-6-11-18(19)15-21/h3-7,9-12,15H,14,16H2,1-2H3. The summed E-state index contributed by atoms with van der Waals surface area (Å²) in [4.78, 5) is 10.9. The maximum absolute atomic E-state index is 10.9. The first kappa shape index (κ1) is 16.8. The van der Waals surface area contributed by atoms with Crippen LogP contribution < -0.4 is 4.74 Å². The Balaban J connectivity index is 1.86. The second kappa shape index (κ2) is 8.17. The summed E-state index contributed by atoms with van der Waals surface area (Å²) >= 11 is 0. The summed E-state index contributed by atoms with van der Waals surface area (Å²) in [5.74, 6) is 6.54. The van der Waals surface area contributed by atoms with Crippen LogP contribution in [-0.2, 0) is 11.3 Å². The monoisotopic (exact) mass is 308 g/mol. The molecule has 0 amide bonds. The minimum absolute atomic E-state index is 0.211. The van der Waals surface area contributed by atoms with Gasteiger partial charge in [-0.25, -0.2) is 0 Å². The molecule has 0 bridgehead atoms. The van der Waals surface area contributed by atoms with Gasteiger partial charge in [-0.15, -0.1) is 0 Å². The lowest BCUT2D eigenvalue weighted by Gasteiger charge is -2.18. The molecular formula is C20H20O3. The van der Waals surface area contributed by atoms with E-state index >= 15 is 0 Å². The zero-order valence-corrected chi connectivity index (χ0v) is 13.4. The Bertz CT molecular complexity index is 694. The molecule has 0 spiro atoms. The second-order valence-electron chi connectivity index (χ2n) is 5.53. The van der Waals surface area contributed by atoms with E-state index in [0.717, 1.165) is 11.8 Å². The van der Waals surface area contributed by atoms with E-state index in [9.17, 15) is 4.79 Å². The van der Waals surface area contributed by atoms with Crippen LogP contribution in [0.3, 0.4) is 0 Å². The molecule has 0 heterocycles. The average Bonchev–Trinajstić information content (AvgIpc) is 2.58. The third kappa shape index (κ3) is 5.61. The van der Waals surface area contributed by atoms with E-state index in [1.807, 2.05) is 50.2 Å². The van der Waals surface area contributed by atoms with E-state index in [0.29, 0.717) is 17.9 Å². The van der Waals surface area contributed by atoms with Gasteiger partial charge < -0.3 is 9.47 Å². The molecule has 0 aliphatic heterocycles. The number of carbonyl (C=O) groups is 1. The van der Waals surface area contributed by atoms with E-state index in [-0.39, 0.29) is 6.61 Å². The first-order valence-corrected chi connectivity index (χ1v) is 7.46. The van der Waals surface area contributed by atoms with Crippen molar-refractivity contribution in [1.82, 2.24) is 0 Å². The Kier molecular flexibility index (Phi) is 5.96. The Hall–Kier alpha value is -2.57. The normalized spacial score (nSPS) is 10.5. The number of hydrogen-bond donors (Lipinski definition) is 0. The number of hydrogen-bond acceptors (Lipinski definition) is 3. The lowest BCUT2D eigenvalue weighted by Crippen LogP contribution is -2.22. The summed E-state index contributed by atoms with van der Waals surface area (Å²) in [7, 11) is 0. The maximum Gasteiger partial charge on any atom is 0.153 e. The Morgan fingerprint density at radius 2 is 1.74 bits per heavy atom. The van der Waals surface area contributed by atoms with Crippen molar-refractivity contribution in [3.05, 3.63) is 65.7 Å². The predicted octanol–water partition coefficient (Wildman–Crippen LogP) is 3.88. The molecule has 118 valence electrons. The quantitative estimate of drug-likeness (QED) is 0.600. The van der Waals surface area contributed by atoms with E-state index in [2.05, 4.69) is 11.8 Å². The van der Waals surface area contributed by atoms with Crippen molar-refractivity contribution < 1.29 is 14.3 Å². The number of carbonyl (C=O) groups excluding carboxylic acids is 1. The molecule has 2 aromatic carbocycles. The Labute approximate surface area is 137 Å². The highest BCUT2D eigenvalue weighted by Gasteiger charge is 2.14. The van der Waals surface area contributed by atoms with Crippen molar-refractivity contribution >= 4 is 6.29 Å². The lowest BCUT2D eigenvalue weighted by molar-refractivity contribution is 0.0143. The van der Waals surface area contributed by atoms with Crippen LogP contribution in [0.25, 0.3) is 0 Å². The van der Waals surface area contributed by atoms with E-state index in [1.165, 1.54) is 0 Å². The smallest absolute Gasteiger partial charge is 0.153 e. The molecule has 23 heavy (non-hydrogen) atoms. The van der Waals surface area contributed by atoms with Crippen molar-refractivity contribution in [3.63, 3.8) is 0 Å². The van der Waals surface area contributed by atoms with Crippen molar-refractivity contribution in [3.8, 4) is 17.6 Å². The van der Waals surface area contributed by atoms with Gasteiger partial charge in [0.15, 0.2) is 6.29 Å². The molecule has 0 N–H and O–H groups in total. The van der Waals surface area contributed by atoms with Gasteiger partial charge in [0.05, 0.1) is 12.2 Å². The van der Waals surface area contributed by atoms with Gasteiger partial charge in [-0.1, -0.05) is 54.3 Å². The zero-order chi connectivity index (χ0) is 16.5. The van der Waals surface area contributed by atoms with E-state index in [1.54, 1.807) is 18.2 Å². The third-order valence-corrected chi connectivity index (χ3v) is 3.18. The molecule has 0 aliphatic carbocycles. The van der Waals surface area contributed by atoms with Crippen LogP contribution in [0.15, 0.2) is 54.6 Å². The number of rotatable bonds is 6. The van der Waals surface area contributed by atoms with Crippen molar-refractivity contribution in [2.75, 3.05) is 6.61 Å². The Morgan fingerprint density at radius 1 is 1.04 bits per heavy atom. The van der Waals surface area contributed by atoms with Gasteiger partial charge in [-0.2, -0.15) is 0 Å². The van der Waals surface area contributed by atoms with Gasteiger partial charge in [0.2, 0.25) is 0 Å². The van der Waals surface area contributed by atoms with Crippen LogP contribution in [-0.4, -0.2) is 18.5 Å². The fraction of sp³-hybridized carbons (Fsp3) is 0.250. The molecule has 0 atom stereocenters. The second-order valence-corrected chi connectivity index (χ2v) is 5.53. The summed E-state index contributed by atoms with van der Waals surface area (Å²) in [6.07, 6.45) is 0.773. The van der Waals surface area contributed by atoms with Gasteiger partial charge in [-0.3, -0.25) is 4.79 Å². The predicted molar refractivity (Wildman–Crippen MR) is 90.4 cm³/mol. The van der Waals surface area contributed by atoms with Crippen LogP contribution in [0.1, 0.15) is 29.8 Å². The highest BCUT2D eigenvalue weighted by atomic mass is 16.5. The fourth-order valence-electron chi connectivity index (χ4n) is 1.95. The molecule has 2 aromatic rings. The number of ether oxygens (including phenoxy) is 2. The highest BCUT2D eigenvalue weighted by Crippen LogP contribution is 2.15. The molecule has 0 aromatic heterocycles. The summed E-state index contributed by atoms with van der Waals surface area (Å²) in [6, 6.07) is 17.1. The summed E-state index contributed by atoms with van der Waals surface area (Å²) in [6.45, 7) is 4.56. The van der Waals surface area contributed by atoms with Gasteiger partial charge in [0, 0.05) is 0 Å². The van der Waals surface area contributed by atoms with Gasteiger partial charge in [0.25, 0.3) is 0 Å². The fourth-order valence-corrected chi connectivity index (χ4v) is 1.95. The first-order valence-electron chi connectivity index (χ1n) is 7.46. The number of para-hydroxylation sites is 1. The molecule has 2 rings (SSSR count). The highest BCUT2D eigenvalue weighted by molar-refractivity contribution is 5.79. The molecule has 3 nitrogen and oxygen atoms in total. The van der Waals surface area contributed by atoms with Gasteiger partial charge in [0.1, 0.15) is 18.0 Å². The number of aldehydes is 1. The van der Waals surface area contributed by atoms with Crippen molar-refractivity contribution in [1.29, 1.82) is 0 Å². The van der Waals surface area contributed by atoms with Crippen LogP contribution >= 0.6 is 0 Å². The Morgan fingerprint density at radius 3 is 2.48 bits per heavy atom. The minimum Gasteiger partial charge on any atom is -0.480 e. The van der Waals surface area contributed by atoms with Crippen LogP contribution in [0, 0.1) is 11.8 Å². The molecule has 0 saturated heterocycles. The average molecular weight is 308 g/mol. The maximum atomic E-state index is 10.9. The van der Waals surface area contributed by atoms with Crippen LogP contribution in [0.2, 0.25) is 0 Å². The molecule has 3 heteroatoms. The van der Waals surface area contributed by atoms with E-state index in [4.69, 9.17) is 9.47 Å². The van der Waals surface area contributed by atoms with Crippen LogP contribution in [0.4, 0.5) is 0 Å². The molecule has 0 unspecified atom stereocenters. The first-order chi connectivity index (χ1) is 11.1. The largest absolute Gasteiger partial charge is 0.480 e. The lowest BCUT2D eigenvalue weighted by atomic mass is 10.1. The topological polar surface area (TPSA) is 35.5 Å². The molecule has 0 aliphatic rings. The van der Waals surface area contributed by atoms with Crippen molar-refractivity contribution in [2.24, 2.45) is 0 Å². The number of benzene rings is 2. The summed E-state index contributed by atoms with van der Waals surface area (Å²) in [5.41, 5.74) is 1.07. The summed E-state index contributed by atoms with van der Waals surface area (Å²) < 4.78 is 11.4. The molecule has 0 radical (unpaired) electrons. The molecule has 0 fully saturated rings. The van der Waals surface area contributed by atoms with Crippen LogP contribution in [0.5, 0.6) is 5.75 Å². The zero-order valence-electron chi connectivity index (χ0n) is 13.4. The molecular weight excluding hydrogens is 288 g/mol.